The van der Waals surface area contributed by atoms with Crippen LogP contribution in [0.3, 0.4) is 0 Å². The zero-order chi connectivity index (χ0) is 22.0. The van der Waals surface area contributed by atoms with Gasteiger partial charge in [-0.1, -0.05) is 12.1 Å². The van der Waals surface area contributed by atoms with Gasteiger partial charge in [-0.2, -0.15) is 0 Å². The van der Waals surface area contributed by atoms with E-state index >= 15 is 0 Å². The summed E-state index contributed by atoms with van der Waals surface area (Å²) in [5.74, 6) is -2.10. The highest BCUT2D eigenvalue weighted by molar-refractivity contribution is 5.97. The summed E-state index contributed by atoms with van der Waals surface area (Å²) in [5.41, 5.74) is 1.43. The van der Waals surface area contributed by atoms with Crippen molar-refractivity contribution >= 4 is 11.4 Å². The summed E-state index contributed by atoms with van der Waals surface area (Å²) in [6.45, 7) is 0. The van der Waals surface area contributed by atoms with Crippen LogP contribution in [-0.4, -0.2) is 26.5 Å². The normalized spacial score (nSPS) is 12.6. The lowest BCUT2D eigenvalue weighted by Crippen LogP contribution is -2.17. The minimum atomic E-state index is -4.82. The fourth-order valence-corrected chi connectivity index (χ4v) is 3.32. The summed E-state index contributed by atoms with van der Waals surface area (Å²) < 4.78 is 57.4. The summed E-state index contributed by atoms with van der Waals surface area (Å²) in [5, 5.41) is 0. The molecule has 9 heteroatoms. The molecule has 1 aromatic carbocycles. The van der Waals surface area contributed by atoms with Crippen molar-refractivity contribution in [1.82, 2.24) is 14.4 Å². The Kier molecular flexibility index (Phi) is 5.41. The molecular weight excluding hydrogens is 414 g/mol. The molecule has 0 saturated heterocycles. The lowest BCUT2D eigenvalue weighted by molar-refractivity contribution is -0.274. The summed E-state index contributed by atoms with van der Waals surface area (Å²) in [7, 11) is 0. The first-order chi connectivity index (χ1) is 14.8. The molecule has 0 aliphatic carbocycles. The van der Waals surface area contributed by atoms with Crippen molar-refractivity contribution in [2.45, 2.75) is 18.7 Å². The number of ketones is 1. The van der Waals surface area contributed by atoms with E-state index < -0.39 is 23.8 Å². The molecule has 0 saturated carbocycles. The number of aromatic nitrogens is 3. The Bertz CT molecular complexity index is 1220. The van der Waals surface area contributed by atoms with Gasteiger partial charge in [-0.15, -0.1) is 13.2 Å². The maximum absolute atomic E-state index is 14.5. The number of nitrogens with zero attached hydrogens (tertiary/aromatic N) is 3. The molecule has 0 radical (unpaired) electrons. The summed E-state index contributed by atoms with van der Waals surface area (Å²) in [4.78, 5) is 21.2. The molecular formula is C22H15F4N3O2. The largest absolute Gasteiger partial charge is 0.573 e. The van der Waals surface area contributed by atoms with Gasteiger partial charge in [-0.05, 0) is 42.0 Å². The van der Waals surface area contributed by atoms with Gasteiger partial charge in [0.1, 0.15) is 17.2 Å². The molecule has 0 aliphatic rings. The SMILES string of the molecule is O=C(C[C@@H](c1ccc(OC(F)(F)F)cc1)c1ncccc1F)c1ccn2ccnc2c1. The number of halogens is 4. The molecule has 0 amide bonds. The second-order valence-electron chi connectivity index (χ2n) is 6.78. The number of rotatable bonds is 6. The van der Waals surface area contributed by atoms with Crippen LogP contribution in [-0.2, 0) is 0 Å². The zero-order valence-corrected chi connectivity index (χ0v) is 15.9. The van der Waals surface area contributed by atoms with E-state index in [0.717, 1.165) is 12.1 Å². The molecule has 0 N–H and O–H groups in total. The van der Waals surface area contributed by atoms with Gasteiger partial charge in [-0.25, -0.2) is 9.37 Å². The average molecular weight is 429 g/mol. The van der Waals surface area contributed by atoms with Crippen LogP contribution in [0.4, 0.5) is 17.6 Å². The van der Waals surface area contributed by atoms with E-state index in [9.17, 15) is 22.4 Å². The van der Waals surface area contributed by atoms with Gasteiger partial charge in [0, 0.05) is 42.7 Å². The number of pyridine rings is 2. The molecule has 4 aromatic rings. The second-order valence-corrected chi connectivity index (χ2v) is 6.78. The Morgan fingerprint density at radius 1 is 1.03 bits per heavy atom. The van der Waals surface area contributed by atoms with E-state index in [1.54, 1.807) is 35.1 Å². The van der Waals surface area contributed by atoms with Gasteiger partial charge in [0.15, 0.2) is 5.78 Å². The highest BCUT2D eigenvalue weighted by atomic mass is 19.4. The topological polar surface area (TPSA) is 56.5 Å². The van der Waals surface area contributed by atoms with Crippen LogP contribution >= 0.6 is 0 Å². The Balaban J connectivity index is 1.66. The number of ether oxygens (including phenoxy) is 1. The van der Waals surface area contributed by atoms with Gasteiger partial charge in [-0.3, -0.25) is 9.78 Å². The molecule has 31 heavy (non-hydrogen) atoms. The number of alkyl halides is 3. The standard InChI is InChI=1S/C22H15F4N3O2/c23-18-2-1-8-28-21(18)17(14-3-5-16(6-4-14)31-22(24,25)26)13-19(30)15-7-10-29-11-9-27-20(29)12-15/h1-12,17H,13H2/t17-/m0/s1. The van der Waals surface area contributed by atoms with Crippen molar-refractivity contribution in [1.29, 1.82) is 0 Å². The number of fused-ring (bicyclic) bond motifs is 1. The Hall–Kier alpha value is -3.75. The Morgan fingerprint density at radius 2 is 1.81 bits per heavy atom. The minimum Gasteiger partial charge on any atom is -0.406 e. The molecule has 5 nitrogen and oxygen atoms in total. The molecule has 3 heterocycles. The highest BCUT2D eigenvalue weighted by Gasteiger charge is 2.31. The predicted octanol–water partition coefficient (Wildman–Crippen LogP) is 5.17. The number of hydrogen-bond acceptors (Lipinski definition) is 4. The molecule has 0 bridgehead atoms. The third-order valence-electron chi connectivity index (χ3n) is 4.74. The molecule has 4 rings (SSSR count). The monoisotopic (exact) mass is 429 g/mol. The number of hydrogen-bond donors (Lipinski definition) is 0. The average Bonchev–Trinajstić information content (AvgIpc) is 3.20. The van der Waals surface area contributed by atoms with E-state index in [1.165, 1.54) is 30.5 Å². The van der Waals surface area contributed by atoms with E-state index in [4.69, 9.17) is 0 Å². The molecule has 0 aliphatic heterocycles. The van der Waals surface area contributed by atoms with Crippen molar-refractivity contribution in [3.63, 3.8) is 0 Å². The highest BCUT2D eigenvalue weighted by Crippen LogP contribution is 2.32. The quantitative estimate of drug-likeness (QED) is 0.313. The van der Waals surface area contributed by atoms with Crippen molar-refractivity contribution in [2.75, 3.05) is 0 Å². The maximum Gasteiger partial charge on any atom is 0.573 e. The number of carbonyl (C=O) groups excluding carboxylic acids is 1. The van der Waals surface area contributed by atoms with Crippen molar-refractivity contribution in [3.8, 4) is 5.75 Å². The van der Waals surface area contributed by atoms with Crippen LogP contribution in [0.5, 0.6) is 5.75 Å². The van der Waals surface area contributed by atoms with Crippen LogP contribution in [0.1, 0.15) is 34.0 Å². The number of benzene rings is 1. The van der Waals surface area contributed by atoms with Crippen LogP contribution in [0.15, 0.2) is 73.3 Å². The smallest absolute Gasteiger partial charge is 0.406 e. The minimum absolute atomic E-state index is 0.0298. The molecule has 0 unspecified atom stereocenters. The first kappa shape index (κ1) is 20.5. The second kappa shape index (κ2) is 8.17. The number of carbonyl (C=O) groups is 1. The van der Waals surface area contributed by atoms with Gasteiger partial charge in [0.05, 0.1) is 5.69 Å². The van der Waals surface area contributed by atoms with Crippen molar-refractivity contribution in [2.24, 2.45) is 0 Å². The van der Waals surface area contributed by atoms with Gasteiger partial charge >= 0.3 is 6.36 Å². The van der Waals surface area contributed by atoms with Crippen LogP contribution in [0.25, 0.3) is 5.65 Å². The van der Waals surface area contributed by atoms with Gasteiger partial charge in [0.2, 0.25) is 0 Å². The van der Waals surface area contributed by atoms with E-state index in [-0.39, 0.29) is 17.9 Å². The van der Waals surface area contributed by atoms with Crippen molar-refractivity contribution < 1.29 is 27.1 Å². The van der Waals surface area contributed by atoms with E-state index in [2.05, 4.69) is 14.7 Å². The third kappa shape index (κ3) is 4.71. The molecule has 0 spiro atoms. The van der Waals surface area contributed by atoms with Gasteiger partial charge in [0.25, 0.3) is 0 Å². The predicted molar refractivity (Wildman–Crippen MR) is 103 cm³/mol. The molecule has 0 fully saturated rings. The summed E-state index contributed by atoms with van der Waals surface area (Å²) >= 11 is 0. The van der Waals surface area contributed by atoms with Crippen LogP contribution in [0, 0.1) is 5.82 Å². The molecule has 158 valence electrons. The van der Waals surface area contributed by atoms with Gasteiger partial charge < -0.3 is 9.14 Å². The lowest BCUT2D eigenvalue weighted by Gasteiger charge is -2.18. The number of imidazole rings is 1. The van der Waals surface area contributed by atoms with Crippen LogP contribution in [0.2, 0.25) is 0 Å². The van der Waals surface area contributed by atoms with E-state index in [1.807, 2.05) is 0 Å². The molecule has 1 atom stereocenters. The Morgan fingerprint density at radius 3 is 2.52 bits per heavy atom. The zero-order valence-electron chi connectivity index (χ0n) is 15.9. The first-order valence-corrected chi connectivity index (χ1v) is 9.22. The van der Waals surface area contributed by atoms with Crippen LogP contribution < -0.4 is 4.74 Å². The fraction of sp³-hybridized carbons (Fsp3) is 0.136. The molecule has 3 aromatic heterocycles. The Labute approximate surface area is 174 Å². The lowest BCUT2D eigenvalue weighted by atomic mass is 9.88. The van der Waals surface area contributed by atoms with Crippen molar-refractivity contribution in [3.05, 3.63) is 96.0 Å². The van der Waals surface area contributed by atoms with E-state index in [0.29, 0.717) is 16.8 Å². The number of Topliss-reactive ketones (excluding diaryl/α,β-unsaturated/α-hetero) is 1. The maximum atomic E-state index is 14.5. The third-order valence-corrected chi connectivity index (χ3v) is 4.74. The fourth-order valence-electron chi connectivity index (χ4n) is 3.32. The first-order valence-electron chi connectivity index (χ1n) is 9.22. The summed E-state index contributed by atoms with van der Waals surface area (Å²) in [6.07, 6.45) is 1.46. The summed E-state index contributed by atoms with van der Waals surface area (Å²) in [6, 6.07) is 10.9.